The van der Waals surface area contributed by atoms with Gasteiger partial charge in [-0.3, -0.25) is 0 Å². The maximum Gasteiger partial charge on any atom is 0.125 e. The molecule has 1 aromatic carbocycles. The standard InChI is InChI=1S/C12H16O2/c1-8-4-5-11-9(6-8)10(13)7-12(2,3)14-11/h4-6,10,13H,7H2,1-3H3/t10-/m0/s1. The maximum atomic E-state index is 9.94. The second-order valence-electron chi connectivity index (χ2n) is 4.62. The highest BCUT2D eigenvalue weighted by atomic mass is 16.5. The molecule has 14 heavy (non-hydrogen) atoms. The van der Waals surface area contributed by atoms with Crippen LogP contribution in [0.15, 0.2) is 18.2 Å². The Labute approximate surface area is 84.5 Å². The lowest BCUT2D eigenvalue weighted by atomic mass is 9.91. The van der Waals surface area contributed by atoms with Crippen molar-refractivity contribution in [1.29, 1.82) is 0 Å². The van der Waals surface area contributed by atoms with Gasteiger partial charge in [0.15, 0.2) is 0 Å². The zero-order chi connectivity index (χ0) is 10.3. The van der Waals surface area contributed by atoms with Crippen molar-refractivity contribution >= 4 is 0 Å². The minimum atomic E-state index is -0.395. The normalized spacial score (nSPS) is 23.9. The summed E-state index contributed by atoms with van der Waals surface area (Å²) < 4.78 is 5.78. The average Bonchev–Trinajstić information content (AvgIpc) is 2.05. The van der Waals surface area contributed by atoms with E-state index >= 15 is 0 Å². The van der Waals surface area contributed by atoms with Gasteiger partial charge in [0, 0.05) is 12.0 Å². The lowest BCUT2D eigenvalue weighted by molar-refractivity contribution is 0.0115. The van der Waals surface area contributed by atoms with Gasteiger partial charge in [0.2, 0.25) is 0 Å². The van der Waals surface area contributed by atoms with Gasteiger partial charge in [-0.15, -0.1) is 0 Å². The Hall–Kier alpha value is -1.02. The molecule has 0 amide bonds. The number of ether oxygens (including phenoxy) is 1. The van der Waals surface area contributed by atoms with Gasteiger partial charge < -0.3 is 9.84 Å². The van der Waals surface area contributed by atoms with E-state index in [1.165, 1.54) is 0 Å². The molecule has 0 aromatic heterocycles. The third-order valence-electron chi connectivity index (χ3n) is 2.60. The Morgan fingerprint density at radius 3 is 2.86 bits per heavy atom. The van der Waals surface area contributed by atoms with Gasteiger partial charge in [0.1, 0.15) is 11.4 Å². The summed E-state index contributed by atoms with van der Waals surface area (Å²) in [5.74, 6) is 0.819. The van der Waals surface area contributed by atoms with Crippen LogP contribution < -0.4 is 4.74 Å². The molecular formula is C12H16O2. The second kappa shape index (κ2) is 2.99. The number of aryl methyl sites for hydroxylation is 1. The van der Waals surface area contributed by atoms with Crippen molar-refractivity contribution in [1.82, 2.24) is 0 Å². The molecule has 1 aromatic rings. The number of aliphatic hydroxyl groups excluding tert-OH is 1. The highest BCUT2D eigenvalue weighted by Crippen LogP contribution is 2.39. The molecule has 0 radical (unpaired) electrons. The fourth-order valence-corrected chi connectivity index (χ4v) is 1.94. The minimum absolute atomic E-state index is 0.262. The first-order valence-corrected chi connectivity index (χ1v) is 4.95. The fourth-order valence-electron chi connectivity index (χ4n) is 1.94. The van der Waals surface area contributed by atoms with Crippen molar-refractivity contribution in [3.05, 3.63) is 29.3 Å². The molecule has 1 N–H and O–H groups in total. The molecule has 0 aliphatic carbocycles. The molecule has 0 saturated heterocycles. The van der Waals surface area contributed by atoms with Crippen LogP contribution in [0.2, 0.25) is 0 Å². The fraction of sp³-hybridized carbons (Fsp3) is 0.500. The van der Waals surface area contributed by atoms with Crippen molar-refractivity contribution in [3.8, 4) is 5.75 Å². The van der Waals surface area contributed by atoms with E-state index in [0.717, 1.165) is 16.9 Å². The number of fused-ring (bicyclic) bond motifs is 1. The summed E-state index contributed by atoms with van der Waals surface area (Å²) in [6.45, 7) is 6.02. The summed E-state index contributed by atoms with van der Waals surface area (Å²) >= 11 is 0. The van der Waals surface area contributed by atoms with E-state index in [1.807, 2.05) is 39.0 Å². The average molecular weight is 192 g/mol. The van der Waals surface area contributed by atoms with E-state index in [4.69, 9.17) is 4.74 Å². The van der Waals surface area contributed by atoms with Gasteiger partial charge in [-0.2, -0.15) is 0 Å². The summed E-state index contributed by atoms with van der Waals surface area (Å²) in [7, 11) is 0. The van der Waals surface area contributed by atoms with Crippen molar-refractivity contribution < 1.29 is 9.84 Å². The van der Waals surface area contributed by atoms with Crippen molar-refractivity contribution in [2.45, 2.75) is 38.9 Å². The van der Waals surface area contributed by atoms with E-state index in [0.29, 0.717) is 6.42 Å². The van der Waals surface area contributed by atoms with Gasteiger partial charge in [-0.05, 0) is 32.9 Å². The number of hydrogen-bond donors (Lipinski definition) is 1. The SMILES string of the molecule is Cc1ccc2c(c1)[C@@H](O)CC(C)(C)O2. The lowest BCUT2D eigenvalue weighted by Crippen LogP contribution is -2.34. The van der Waals surface area contributed by atoms with Crippen LogP contribution in [0.25, 0.3) is 0 Å². The van der Waals surface area contributed by atoms with Crippen molar-refractivity contribution in [2.24, 2.45) is 0 Å². The molecule has 2 nitrogen and oxygen atoms in total. The topological polar surface area (TPSA) is 29.5 Å². The summed E-state index contributed by atoms with van der Waals surface area (Å²) in [5, 5.41) is 9.94. The van der Waals surface area contributed by atoms with Crippen molar-refractivity contribution in [3.63, 3.8) is 0 Å². The van der Waals surface area contributed by atoms with E-state index < -0.39 is 6.10 Å². The summed E-state index contributed by atoms with van der Waals surface area (Å²) in [4.78, 5) is 0. The third-order valence-corrected chi connectivity index (χ3v) is 2.60. The monoisotopic (exact) mass is 192 g/mol. The summed E-state index contributed by atoms with van der Waals surface area (Å²) in [5.41, 5.74) is 1.82. The molecule has 76 valence electrons. The molecule has 0 spiro atoms. The lowest BCUT2D eigenvalue weighted by Gasteiger charge is -2.35. The maximum absolute atomic E-state index is 9.94. The van der Waals surface area contributed by atoms with Crippen LogP contribution >= 0.6 is 0 Å². The molecule has 1 aliphatic rings. The Bertz CT molecular complexity index is 355. The Balaban J connectivity index is 2.45. The predicted octanol–water partition coefficient (Wildman–Crippen LogP) is 2.59. The molecule has 0 bridgehead atoms. The molecule has 2 rings (SSSR count). The largest absolute Gasteiger partial charge is 0.487 e. The minimum Gasteiger partial charge on any atom is -0.487 e. The zero-order valence-corrected chi connectivity index (χ0v) is 8.87. The van der Waals surface area contributed by atoms with Crippen LogP contribution in [-0.4, -0.2) is 10.7 Å². The smallest absolute Gasteiger partial charge is 0.125 e. The first kappa shape index (κ1) is 9.53. The van der Waals surface area contributed by atoms with Gasteiger partial charge in [0.05, 0.1) is 6.10 Å². The molecule has 2 heteroatoms. The molecule has 0 unspecified atom stereocenters. The van der Waals surface area contributed by atoms with Crippen LogP contribution in [-0.2, 0) is 0 Å². The Morgan fingerprint density at radius 2 is 2.14 bits per heavy atom. The number of aliphatic hydroxyl groups is 1. The van der Waals surface area contributed by atoms with Crippen LogP contribution in [0.1, 0.15) is 37.5 Å². The third kappa shape index (κ3) is 1.62. The first-order valence-electron chi connectivity index (χ1n) is 4.95. The van der Waals surface area contributed by atoms with Crippen LogP contribution in [0.4, 0.5) is 0 Å². The van der Waals surface area contributed by atoms with Crippen LogP contribution in [0.3, 0.4) is 0 Å². The van der Waals surface area contributed by atoms with Crippen LogP contribution in [0.5, 0.6) is 5.75 Å². The van der Waals surface area contributed by atoms with E-state index in [1.54, 1.807) is 0 Å². The second-order valence-corrected chi connectivity index (χ2v) is 4.62. The molecule has 0 saturated carbocycles. The molecule has 1 aliphatic heterocycles. The summed E-state index contributed by atoms with van der Waals surface area (Å²) in [6.07, 6.45) is 0.261. The summed E-state index contributed by atoms with van der Waals surface area (Å²) in [6, 6.07) is 5.94. The van der Waals surface area contributed by atoms with E-state index in [-0.39, 0.29) is 5.60 Å². The first-order chi connectivity index (χ1) is 6.48. The number of rotatable bonds is 0. The van der Waals surface area contributed by atoms with Crippen molar-refractivity contribution in [2.75, 3.05) is 0 Å². The predicted molar refractivity (Wildman–Crippen MR) is 55.5 cm³/mol. The highest BCUT2D eigenvalue weighted by molar-refractivity contribution is 5.40. The zero-order valence-electron chi connectivity index (χ0n) is 8.87. The molecular weight excluding hydrogens is 176 g/mol. The molecule has 1 heterocycles. The van der Waals surface area contributed by atoms with Gasteiger partial charge in [-0.1, -0.05) is 11.6 Å². The van der Waals surface area contributed by atoms with E-state index in [2.05, 4.69) is 0 Å². The number of hydrogen-bond acceptors (Lipinski definition) is 2. The van der Waals surface area contributed by atoms with E-state index in [9.17, 15) is 5.11 Å². The quantitative estimate of drug-likeness (QED) is 0.684. The Morgan fingerprint density at radius 1 is 1.43 bits per heavy atom. The Kier molecular flexibility index (Phi) is 2.04. The van der Waals surface area contributed by atoms with Gasteiger partial charge in [0.25, 0.3) is 0 Å². The number of benzene rings is 1. The molecule has 0 fully saturated rings. The van der Waals surface area contributed by atoms with Crippen LogP contribution in [0, 0.1) is 6.92 Å². The van der Waals surface area contributed by atoms with Gasteiger partial charge >= 0.3 is 0 Å². The molecule has 1 atom stereocenters. The highest BCUT2D eigenvalue weighted by Gasteiger charge is 2.32. The van der Waals surface area contributed by atoms with Gasteiger partial charge in [-0.25, -0.2) is 0 Å².